The van der Waals surface area contributed by atoms with Crippen molar-refractivity contribution in [2.24, 2.45) is 11.8 Å². The molecule has 0 aromatic heterocycles. The predicted octanol–water partition coefficient (Wildman–Crippen LogP) is 2.47. The molecule has 3 atom stereocenters. The number of likely N-dealkylation sites (tertiary alicyclic amines) is 1. The zero-order valence-electron chi connectivity index (χ0n) is 10.2. The second-order valence-corrected chi connectivity index (χ2v) is 5.59. The summed E-state index contributed by atoms with van der Waals surface area (Å²) in [7, 11) is 2.15. The SMILES string of the molecule is CC(C)C(=O)C1CC2CCCCC2N1C. The number of hydrogen-bond donors (Lipinski definition) is 0. The van der Waals surface area contributed by atoms with Gasteiger partial charge in [0.1, 0.15) is 0 Å². The number of hydrogen-bond acceptors (Lipinski definition) is 2. The van der Waals surface area contributed by atoms with Crippen LogP contribution in [0.5, 0.6) is 0 Å². The Morgan fingerprint density at radius 2 is 1.93 bits per heavy atom. The van der Waals surface area contributed by atoms with Crippen molar-refractivity contribution in [2.75, 3.05) is 7.05 Å². The molecule has 3 unspecified atom stereocenters. The van der Waals surface area contributed by atoms with Crippen LogP contribution in [0.2, 0.25) is 0 Å². The Morgan fingerprint density at radius 3 is 2.53 bits per heavy atom. The third kappa shape index (κ3) is 1.96. The number of Topliss-reactive ketones (excluding diaryl/α,β-unsaturated/α-hetero) is 1. The minimum absolute atomic E-state index is 0.192. The van der Waals surface area contributed by atoms with E-state index in [1.807, 2.05) is 13.8 Å². The van der Waals surface area contributed by atoms with E-state index in [2.05, 4.69) is 11.9 Å². The van der Waals surface area contributed by atoms with Gasteiger partial charge in [0, 0.05) is 12.0 Å². The smallest absolute Gasteiger partial charge is 0.152 e. The molecule has 0 spiro atoms. The summed E-state index contributed by atoms with van der Waals surface area (Å²) < 4.78 is 0. The summed E-state index contributed by atoms with van der Waals surface area (Å²) in [5.41, 5.74) is 0. The first-order chi connectivity index (χ1) is 7.11. The summed E-state index contributed by atoms with van der Waals surface area (Å²) >= 11 is 0. The van der Waals surface area contributed by atoms with Gasteiger partial charge in [-0.3, -0.25) is 9.69 Å². The molecule has 2 fully saturated rings. The van der Waals surface area contributed by atoms with Crippen LogP contribution in [-0.2, 0) is 4.79 Å². The molecular formula is C13H23NO. The van der Waals surface area contributed by atoms with Crippen LogP contribution in [0, 0.1) is 11.8 Å². The van der Waals surface area contributed by atoms with E-state index in [0.717, 1.165) is 12.3 Å². The maximum absolute atomic E-state index is 12.1. The molecule has 1 aliphatic heterocycles. The highest BCUT2D eigenvalue weighted by atomic mass is 16.1. The minimum Gasteiger partial charge on any atom is -0.298 e. The Bertz CT molecular complexity index is 249. The highest BCUT2D eigenvalue weighted by Gasteiger charge is 2.43. The Kier molecular flexibility index (Phi) is 3.15. The number of likely N-dealkylation sites (N-methyl/N-ethyl adjacent to an activating group) is 1. The van der Waals surface area contributed by atoms with E-state index >= 15 is 0 Å². The normalized spacial score (nSPS) is 36.9. The average molecular weight is 209 g/mol. The van der Waals surface area contributed by atoms with E-state index < -0.39 is 0 Å². The number of rotatable bonds is 2. The zero-order chi connectivity index (χ0) is 11.0. The number of fused-ring (bicyclic) bond motifs is 1. The summed E-state index contributed by atoms with van der Waals surface area (Å²) in [5, 5.41) is 0. The van der Waals surface area contributed by atoms with E-state index in [0.29, 0.717) is 11.8 Å². The van der Waals surface area contributed by atoms with Gasteiger partial charge < -0.3 is 0 Å². The Labute approximate surface area is 93.0 Å². The molecule has 2 aliphatic rings. The molecule has 15 heavy (non-hydrogen) atoms. The van der Waals surface area contributed by atoms with Crippen LogP contribution >= 0.6 is 0 Å². The van der Waals surface area contributed by atoms with Crippen molar-refractivity contribution in [3.63, 3.8) is 0 Å². The molecule has 0 radical (unpaired) electrons. The highest BCUT2D eigenvalue weighted by molar-refractivity contribution is 5.86. The molecule has 86 valence electrons. The molecule has 2 rings (SSSR count). The van der Waals surface area contributed by atoms with Crippen molar-refractivity contribution < 1.29 is 4.79 Å². The summed E-state index contributed by atoms with van der Waals surface area (Å²) in [6.07, 6.45) is 6.50. The van der Waals surface area contributed by atoms with Gasteiger partial charge in [-0.15, -0.1) is 0 Å². The van der Waals surface area contributed by atoms with Crippen LogP contribution in [0.1, 0.15) is 46.0 Å². The minimum atomic E-state index is 0.192. The van der Waals surface area contributed by atoms with Gasteiger partial charge in [-0.2, -0.15) is 0 Å². The van der Waals surface area contributed by atoms with Gasteiger partial charge in [-0.05, 0) is 32.2 Å². The molecule has 0 aromatic carbocycles. The van der Waals surface area contributed by atoms with Crippen molar-refractivity contribution in [2.45, 2.75) is 58.0 Å². The van der Waals surface area contributed by atoms with Crippen molar-refractivity contribution >= 4 is 5.78 Å². The molecule has 1 saturated heterocycles. The predicted molar refractivity (Wildman–Crippen MR) is 61.8 cm³/mol. The van der Waals surface area contributed by atoms with Crippen LogP contribution in [0.3, 0.4) is 0 Å². The van der Waals surface area contributed by atoms with Gasteiger partial charge in [0.25, 0.3) is 0 Å². The van der Waals surface area contributed by atoms with Gasteiger partial charge >= 0.3 is 0 Å². The Balaban J connectivity index is 2.07. The fraction of sp³-hybridized carbons (Fsp3) is 0.923. The maximum atomic E-state index is 12.1. The summed E-state index contributed by atoms with van der Waals surface area (Å²) in [6.45, 7) is 4.05. The van der Waals surface area contributed by atoms with Gasteiger partial charge in [-0.25, -0.2) is 0 Å². The first-order valence-corrected chi connectivity index (χ1v) is 6.37. The standard InChI is InChI=1S/C13H23NO/c1-9(2)13(15)12-8-10-6-4-5-7-11(10)14(12)3/h9-12H,4-8H2,1-3H3. The molecular weight excluding hydrogens is 186 g/mol. The summed E-state index contributed by atoms with van der Waals surface area (Å²) in [6, 6.07) is 0.921. The second kappa shape index (κ2) is 4.25. The molecule has 1 saturated carbocycles. The lowest BCUT2D eigenvalue weighted by atomic mass is 9.84. The van der Waals surface area contributed by atoms with Crippen LogP contribution < -0.4 is 0 Å². The lowest BCUT2D eigenvalue weighted by Gasteiger charge is -2.30. The summed E-state index contributed by atoms with van der Waals surface area (Å²) in [4.78, 5) is 14.4. The van der Waals surface area contributed by atoms with Gasteiger partial charge in [0.05, 0.1) is 6.04 Å². The van der Waals surface area contributed by atoms with E-state index in [9.17, 15) is 4.79 Å². The van der Waals surface area contributed by atoms with E-state index in [4.69, 9.17) is 0 Å². The van der Waals surface area contributed by atoms with Crippen molar-refractivity contribution in [3.8, 4) is 0 Å². The molecule has 2 heteroatoms. The monoisotopic (exact) mass is 209 g/mol. The Morgan fingerprint density at radius 1 is 1.27 bits per heavy atom. The van der Waals surface area contributed by atoms with Crippen molar-refractivity contribution in [1.29, 1.82) is 0 Å². The second-order valence-electron chi connectivity index (χ2n) is 5.59. The largest absolute Gasteiger partial charge is 0.298 e. The van der Waals surface area contributed by atoms with Gasteiger partial charge in [0.2, 0.25) is 0 Å². The van der Waals surface area contributed by atoms with Crippen LogP contribution in [0.15, 0.2) is 0 Å². The number of nitrogens with zero attached hydrogens (tertiary/aromatic N) is 1. The topological polar surface area (TPSA) is 20.3 Å². The number of ketones is 1. The first kappa shape index (κ1) is 11.1. The quantitative estimate of drug-likeness (QED) is 0.696. The Hall–Kier alpha value is -0.370. The highest BCUT2D eigenvalue weighted by Crippen LogP contribution is 2.39. The van der Waals surface area contributed by atoms with E-state index in [1.54, 1.807) is 0 Å². The molecule has 0 bridgehead atoms. The zero-order valence-corrected chi connectivity index (χ0v) is 10.2. The molecule has 0 N–H and O–H groups in total. The third-order valence-electron chi connectivity index (χ3n) is 4.31. The molecule has 1 aliphatic carbocycles. The van der Waals surface area contributed by atoms with Gasteiger partial charge in [-0.1, -0.05) is 26.7 Å². The van der Waals surface area contributed by atoms with E-state index in [1.165, 1.54) is 25.7 Å². The van der Waals surface area contributed by atoms with Gasteiger partial charge in [0.15, 0.2) is 5.78 Å². The third-order valence-corrected chi connectivity index (χ3v) is 4.31. The fourth-order valence-corrected chi connectivity index (χ4v) is 3.38. The number of carbonyl (C=O) groups excluding carboxylic acids is 1. The molecule has 2 nitrogen and oxygen atoms in total. The first-order valence-electron chi connectivity index (χ1n) is 6.37. The van der Waals surface area contributed by atoms with E-state index in [-0.39, 0.29) is 12.0 Å². The van der Waals surface area contributed by atoms with Crippen LogP contribution in [0.4, 0.5) is 0 Å². The molecule has 0 aromatic rings. The fourth-order valence-electron chi connectivity index (χ4n) is 3.38. The molecule has 0 amide bonds. The van der Waals surface area contributed by atoms with Crippen molar-refractivity contribution in [3.05, 3.63) is 0 Å². The lowest BCUT2D eigenvalue weighted by molar-refractivity contribution is -0.126. The number of carbonyl (C=O) groups is 1. The average Bonchev–Trinajstić information content (AvgIpc) is 2.56. The van der Waals surface area contributed by atoms with Crippen molar-refractivity contribution in [1.82, 2.24) is 4.90 Å². The lowest BCUT2D eigenvalue weighted by Crippen LogP contribution is -2.40. The molecule has 1 heterocycles. The van der Waals surface area contributed by atoms with Crippen LogP contribution in [0.25, 0.3) is 0 Å². The maximum Gasteiger partial charge on any atom is 0.152 e. The van der Waals surface area contributed by atoms with Crippen LogP contribution in [-0.4, -0.2) is 29.8 Å². The summed E-state index contributed by atoms with van der Waals surface area (Å²) in [5.74, 6) is 1.45.